The number of aromatic nitrogens is 4. The van der Waals surface area contributed by atoms with E-state index in [1.165, 1.54) is 22.9 Å². The molecule has 2 amide bonds. The minimum Gasteiger partial charge on any atom is -0.444 e. The lowest BCUT2D eigenvalue weighted by Crippen LogP contribution is -2.49. The molecule has 3 heterocycles. The number of hydrogen-bond donors (Lipinski definition) is 2. The highest BCUT2D eigenvalue weighted by Crippen LogP contribution is 2.33. The number of fused-ring (bicyclic) bond motifs is 1. The van der Waals surface area contributed by atoms with E-state index in [0.717, 1.165) is 18.8 Å². The number of halogens is 3. The summed E-state index contributed by atoms with van der Waals surface area (Å²) in [5.41, 5.74) is 1.49. The van der Waals surface area contributed by atoms with Gasteiger partial charge in [0.2, 0.25) is 5.95 Å². The Balaban J connectivity index is 1.46. The monoisotopic (exact) mass is 582 g/mol. The van der Waals surface area contributed by atoms with Gasteiger partial charge in [0.15, 0.2) is 5.82 Å². The molecule has 10 nitrogen and oxygen atoms in total. The summed E-state index contributed by atoms with van der Waals surface area (Å²) in [4.78, 5) is 38.3. The van der Waals surface area contributed by atoms with Crippen molar-refractivity contribution in [1.82, 2.24) is 30.2 Å². The van der Waals surface area contributed by atoms with Crippen LogP contribution in [0.15, 0.2) is 55.1 Å². The number of pyridine rings is 1. The summed E-state index contributed by atoms with van der Waals surface area (Å²) in [6.07, 6.45) is 6.66. The van der Waals surface area contributed by atoms with Crippen molar-refractivity contribution in [2.45, 2.75) is 64.3 Å². The first-order valence-corrected chi connectivity index (χ1v) is 13.3. The first-order chi connectivity index (χ1) is 20.0. The predicted molar refractivity (Wildman–Crippen MR) is 147 cm³/mol. The van der Waals surface area contributed by atoms with Gasteiger partial charge in [-0.25, -0.2) is 19.2 Å². The van der Waals surface area contributed by atoms with Crippen LogP contribution in [0, 0.1) is 5.82 Å². The maximum absolute atomic E-state index is 13.6. The number of carbonyl (C=O) groups excluding carboxylic acids is 2. The molecule has 0 radical (unpaired) electrons. The number of carbonyl (C=O) groups is 2. The number of alkyl halides is 2. The third-order valence-corrected chi connectivity index (χ3v) is 6.63. The van der Waals surface area contributed by atoms with Crippen molar-refractivity contribution in [1.29, 1.82) is 0 Å². The average molecular weight is 583 g/mol. The zero-order valence-corrected chi connectivity index (χ0v) is 23.1. The van der Waals surface area contributed by atoms with Gasteiger partial charge in [0.1, 0.15) is 11.4 Å². The van der Waals surface area contributed by atoms with Crippen LogP contribution in [0.2, 0.25) is 0 Å². The molecule has 42 heavy (non-hydrogen) atoms. The van der Waals surface area contributed by atoms with Gasteiger partial charge in [-0.05, 0) is 63.8 Å². The first-order valence-electron chi connectivity index (χ1n) is 13.3. The van der Waals surface area contributed by atoms with E-state index in [2.05, 4.69) is 30.3 Å². The number of nitrogens with zero attached hydrogens (tertiary/aromatic N) is 4. The van der Waals surface area contributed by atoms with Crippen molar-refractivity contribution in [3.8, 4) is 22.8 Å². The van der Waals surface area contributed by atoms with Gasteiger partial charge < -0.3 is 20.1 Å². The lowest BCUT2D eigenvalue weighted by Gasteiger charge is -2.25. The highest BCUT2D eigenvalue weighted by atomic mass is 19.3. The Morgan fingerprint density at radius 3 is 2.43 bits per heavy atom. The summed E-state index contributed by atoms with van der Waals surface area (Å²) in [6, 6.07) is 7.09. The maximum atomic E-state index is 13.6. The second kappa shape index (κ2) is 11.7. The Hall–Kier alpha value is -4.68. The maximum Gasteiger partial charge on any atom is 0.407 e. The molecule has 2 N–H and O–H groups in total. The van der Waals surface area contributed by atoms with Gasteiger partial charge in [-0.3, -0.25) is 14.3 Å². The van der Waals surface area contributed by atoms with E-state index >= 15 is 0 Å². The standard InChI is InChI=1S/C29H29F3N6O4/c1-29(2,3)42-28(40)37-22-9-5-8-21(22)36-25(39)17-11-23-24(33-12-17)20(15-38(23)27-34-13-18(30)14-35-27)16-6-4-7-19(10-16)41-26(31)32/h4,6-7,10-15,21-22,26H,5,8-9H2,1-3H3,(H,36,39)(H,37,40)/t21-,22+/m1/s1. The predicted octanol–water partition coefficient (Wildman–Crippen LogP) is 5.40. The van der Waals surface area contributed by atoms with Gasteiger partial charge >= 0.3 is 12.7 Å². The SMILES string of the molecule is CC(C)(C)OC(=O)N[C@H]1CCC[C@H]1NC(=O)c1cnc2c(-c3cccc(OC(F)F)c3)cn(-c3ncc(F)cn3)c2c1. The summed E-state index contributed by atoms with van der Waals surface area (Å²) in [5.74, 6) is -0.960. The van der Waals surface area contributed by atoms with Gasteiger partial charge in [0, 0.05) is 24.0 Å². The smallest absolute Gasteiger partial charge is 0.407 e. The third kappa shape index (κ3) is 6.61. The van der Waals surface area contributed by atoms with E-state index in [-0.39, 0.29) is 29.3 Å². The topological polar surface area (TPSA) is 120 Å². The number of alkyl carbamates (subject to hydrolysis) is 1. The summed E-state index contributed by atoms with van der Waals surface area (Å²) in [7, 11) is 0. The van der Waals surface area contributed by atoms with Crippen LogP contribution >= 0.6 is 0 Å². The van der Waals surface area contributed by atoms with Crippen molar-refractivity contribution < 1.29 is 32.2 Å². The number of rotatable bonds is 7. The second-order valence-corrected chi connectivity index (χ2v) is 10.9. The Kier molecular flexibility index (Phi) is 8.01. The van der Waals surface area contributed by atoms with Gasteiger partial charge in [-0.15, -0.1) is 0 Å². The van der Waals surface area contributed by atoms with Crippen molar-refractivity contribution in [3.63, 3.8) is 0 Å². The molecule has 2 atom stereocenters. The fraction of sp³-hybridized carbons (Fsp3) is 0.345. The van der Waals surface area contributed by atoms with Gasteiger partial charge in [0.25, 0.3) is 5.91 Å². The summed E-state index contributed by atoms with van der Waals surface area (Å²) < 4.78 is 50.7. The highest BCUT2D eigenvalue weighted by molar-refractivity contribution is 6.00. The fourth-order valence-corrected chi connectivity index (χ4v) is 4.89. The average Bonchev–Trinajstić information content (AvgIpc) is 3.51. The van der Waals surface area contributed by atoms with Crippen LogP contribution in [0.4, 0.5) is 18.0 Å². The van der Waals surface area contributed by atoms with E-state index in [9.17, 15) is 22.8 Å². The van der Waals surface area contributed by atoms with Crippen LogP contribution in [0.3, 0.4) is 0 Å². The zero-order valence-electron chi connectivity index (χ0n) is 23.1. The Labute approximate surface area is 239 Å². The molecule has 4 aromatic rings. The number of ether oxygens (including phenoxy) is 2. The van der Waals surface area contributed by atoms with Crippen LogP contribution in [-0.2, 0) is 4.74 Å². The highest BCUT2D eigenvalue weighted by Gasteiger charge is 2.32. The summed E-state index contributed by atoms with van der Waals surface area (Å²) in [5, 5.41) is 5.83. The third-order valence-electron chi connectivity index (χ3n) is 6.63. The molecule has 220 valence electrons. The lowest BCUT2D eigenvalue weighted by molar-refractivity contribution is -0.0498. The van der Waals surface area contributed by atoms with Crippen LogP contribution in [-0.4, -0.2) is 55.8 Å². The molecule has 0 unspecified atom stereocenters. The number of hydrogen-bond acceptors (Lipinski definition) is 7. The van der Waals surface area contributed by atoms with E-state index in [1.807, 2.05) is 0 Å². The zero-order chi connectivity index (χ0) is 30.0. The van der Waals surface area contributed by atoms with E-state index in [1.54, 1.807) is 45.2 Å². The van der Waals surface area contributed by atoms with Crippen LogP contribution in [0.5, 0.6) is 5.75 Å². The second-order valence-electron chi connectivity index (χ2n) is 10.9. The van der Waals surface area contributed by atoms with Gasteiger partial charge in [-0.2, -0.15) is 8.78 Å². The molecular formula is C29H29F3N6O4. The first kappa shape index (κ1) is 28.8. The molecule has 3 aromatic heterocycles. The van der Waals surface area contributed by atoms with Crippen molar-refractivity contribution >= 4 is 23.0 Å². The van der Waals surface area contributed by atoms with Crippen LogP contribution < -0.4 is 15.4 Å². The molecule has 0 spiro atoms. The molecule has 1 fully saturated rings. The molecule has 1 aromatic carbocycles. The molecule has 0 saturated heterocycles. The number of amides is 2. The molecule has 13 heteroatoms. The minimum atomic E-state index is -2.99. The summed E-state index contributed by atoms with van der Waals surface area (Å²) >= 11 is 0. The van der Waals surface area contributed by atoms with E-state index in [0.29, 0.717) is 35.0 Å². The molecule has 1 aliphatic carbocycles. The molecule has 0 aliphatic heterocycles. The Bertz CT molecular complexity index is 1600. The Morgan fingerprint density at radius 1 is 1.02 bits per heavy atom. The Morgan fingerprint density at radius 2 is 1.74 bits per heavy atom. The molecule has 5 rings (SSSR count). The summed E-state index contributed by atoms with van der Waals surface area (Å²) in [6.45, 7) is 2.33. The van der Waals surface area contributed by atoms with E-state index in [4.69, 9.17) is 4.74 Å². The van der Waals surface area contributed by atoms with Crippen molar-refractivity contribution in [3.05, 3.63) is 66.5 Å². The molecular weight excluding hydrogens is 553 g/mol. The number of nitrogens with one attached hydrogen (secondary N) is 2. The largest absolute Gasteiger partial charge is 0.444 e. The van der Waals surface area contributed by atoms with Gasteiger partial charge in [-0.1, -0.05) is 12.1 Å². The molecule has 1 aliphatic rings. The normalized spacial score (nSPS) is 16.9. The molecule has 1 saturated carbocycles. The van der Waals surface area contributed by atoms with Gasteiger partial charge in [0.05, 0.1) is 35.0 Å². The van der Waals surface area contributed by atoms with Crippen LogP contribution in [0.1, 0.15) is 50.4 Å². The van der Waals surface area contributed by atoms with E-state index < -0.39 is 30.0 Å². The lowest BCUT2D eigenvalue weighted by atomic mass is 10.1. The van der Waals surface area contributed by atoms with Crippen LogP contribution in [0.25, 0.3) is 28.1 Å². The van der Waals surface area contributed by atoms with Crippen molar-refractivity contribution in [2.24, 2.45) is 0 Å². The van der Waals surface area contributed by atoms with Crippen molar-refractivity contribution in [2.75, 3.05) is 0 Å². The quantitative estimate of drug-likeness (QED) is 0.299. The fourth-order valence-electron chi connectivity index (χ4n) is 4.89. The molecule has 0 bridgehead atoms. The minimum absolute atomic E-state index is 0.0384. The number of benzene rings is 1.